The van der Waals surface area contributed by atoms with E-state index in [1.165, 1.54) is 5.56 Å². The normalized spacial score (nSPS) is 11.7. The number of carbonyl (C=O) groups excluding carboxylic acids is 2. The van der Waals surface area contributed by atoms with Crippen LogP contribution in [0.1, 0.15) is 41.2 Å². The second kappa shape index (κ2) is 12.8. The molecule has 6 heteroatoms. The van der Waals surface area contributed by atoms with Gasteiger partial charge in [-0.05, 0) is 60.2 Å². The number of nitrogens with one attached hydrogen (secondary N) is 1. The summed E-state index contributed by atoms with van der Waals surface area (Å²) in [7, 11) is 0. The van der Waals surface area contributed by atoms with Gasteiger partial charge in [0.2, 0.25) is 11.8 Å². The van der Waals surface area contributed by atoms with Crippen LogP contribution in [0.4, 0.5) is 0 Å². The van der Waals surface area contributed by atoms with Crippen LogP contribution in [-0.2, 0) is 29.0 Å². The van der Waals surface area contributed by atoms with E-state index in [-0.39, 0.29) is 24.8 Å². The third-order valence-corrected chi connectivity index (χ3v) is 6.69. The highest BCUT2D eigenvalue weighted by atomic mass is 35.5. The SMILES string of the molecule is CCCNC(=O)C(Cc1ccccc1)N(Cc1ccc(Cl)cc1Cl)C(=O)Cc1ccc(C)c(C)c1. The molecule has 0 saturated carbocycles. The zero-order valence-corrected chi connectivity index (χ0v) is 22.0. The fourth-order valence-corrected chi connectivity index (χ4v) is 4.41. The van der Waals surface area contributed by atoms with Gasteiger partial charge in [-0.15, -0.1) is 0 Å². The highest BCUT2D eigenvalue weighted by Crippen LogP contribution is 2.25. The minimum Gasteiger partial charge on any atom is -0.354 e. The van der Waals surface area contributed by atoms with Crippen molar-refractivity contribution in [2.75, 3.05) is 6.54 Å². The molecule has 0 aromatic heterocycles. The molecule has 0 aliphatic heterocycles. The number of halogens is 2. The molecule has 0 heterocycles. The second-order valence-corrected chi connectivity index (χ2v) is 9.69. The van der Waals surface area contributed by atoms with Crippen molar-refractivity contribution in [3.05, 3.63) is 105 Å². The molecule has 0 bridgehead atoms. The van der Waals surface area contributed by atoms with Gasteiger partial charge in [-0.25, -0.2) is 0 Å². The summed E-state index contributed by atoms with van der Waals surface area (Å²) < 4.78 is 0. The molecule has 1 atom stereocenters. The number of hydrogen-bond donors (Lipinski definition) is 1. The van der Waals surface area contributed by atoms with Gasteiger partial charge in [0.25, 0.3) is 0 Å². The Hall–Kier alpha value is -2.82. The molecule has 3 rings (SSSR count). The van der Waals surface area contributed by atoms with Gasteiger partial charge >= 0.3 is 0 Å². The predicted octanol–water partition coefficient (Wildman–Crippen LogP) is 6.32. The van der Waals surface area contributed by atoms with E-state index in [1.807, 2.05) is 75.4 Å². The third kappa shape index (κ3) is 7.58. The molecule has 3 aromatic rings. The molecule has 3 aromatic carbocycles. The molecule has 1 unspecified atom stereocenters. The summed E-state index contributed by atoms with van der Waals surface area (Å²) >= 11 is 12.6. The fraction of sp³-hybridized carbons (Fsp3) is 0.310. The van der Waals surface area contributed by atoms with Crippen LogP contribution in [0.3, 0.4) is 0 Å². The summed E-state index contributed by atoms with van der Waals surface area (Å²) in [5.41, 5.74) is 4.94. The fourth-order valence-electron chi connectivity index (χ4n) is 3.94. The van der Waals surface area contributed by atoms with Crippen LogP contribution < -0.4 is 5.32 Å². The molecule has 0 radical (unpaired) electrons. The molecular weight excluding hydrogens is 479 g/mol. The van der Waals surface area contributed by atoms with Crippen molar-refractivity contribution in [3.63, 3.8) is 0 Å². The van der Waals surface area contributed by atoms with E-state index in [9.17, 15) is 9.59 Å². The molecular formula is C29H32Cl2N2O2. The largest absolute Gasteiger partial charge is 0.354 e. The molecule has 0 fully saturated rings. The maximum atomic E-state index is 13.8. The number of amides is 2. The van der Waals surface area contributed by atoms with Gasteiger partial charge < -0.3 is 10.2 Å². The van der Waals surface area contributed by atoms with Crippen LogP contribution in [0.15, 0.2) is 66.7 Å². The maximum absolute atomic E-state index is 13.8. The molecule has 184 valence electrons. The van der Waals surface area contributed by atoms with Crippen LogP contribution in [0.2, 0.25) is 10.0 Å². The molecule has 0 aliphatic rings. The zero-order chi connectivity index (χ0) is 25.4. The van der Waals surface area contributed by atoms with Crippen LogP contribution in [-0.4, -0.2) is 29.3 Å². The number of nitrogens with zero attached hydrogens (tertiary/aromatic N) is 1. The number of benzene rings is 3. The van der Waals surface area contributed by atoms with E-state index < -0.39 is 6.04 Å². The zero-order valence-electron chi connectivity index (χ0n) is 20.5. The van der Waals surface area contributed by atoms with Crippen LogP contribution in [0.25, 0.3) is 0 Å². The summed E-state index contributed by atoms with van der Waals surface area (Å²) in [6.45, 7) is 6.83. The minimum atomic E-state index is -0.685. The standard InChI is InChI=1S/C29H32Cl2N2O2/c1-4-14-32-29(35)27(16-22-8-6-5-7-9-22)33(19-24-12-13-25(30)18-26(24)31)28(34)17-23-11-10-20(2)21(3)15-23/h5-13,15,18,27H,4,14,16-17,19H2,1-3H3,(H,32,35). The monoisotopic (exact) mass is 510 g/mol. The average molecular weight is 511 g/mol. The lowest BCUT2D eigenvalue weighted by atomic mass is 10.00. The lowest BCUT2D eigenvalue weighted by Crippen LogP contribution is -2.51. The van der Waals surface area contributed by atoms with Gasteiger partial charge in [0.05, 0.1) is 6.42 Å². The number of rotatable bonds is 10. The topological polar surface area (TPSA) is 49.4 Å². The molecule has 35 heavy (non-hydrogen) atoms. The molecule has 0 spiro atoms. The highest BCUT2D eigenvalue weighted by molar-refractivity contribution is 6.35. The van der Waals surface area contributed by atoms with Gasteiger partial charge in [0, 0.05) is 29.6 Å². The summed E-state index contributed by atoms with van der Waals surface area (Å²) in [5, 5.41) is 3.98. The van der Waals surface area contributed by atoms with Gasteiger partial charge in [-0.3, -0.25) is 9.59 Å². The van der Waals surface area contributed by atoms with E-state index in [0.717, 1.165) is 28.7 Å². The first-order valence-corrected chi connectivity index (χ1v) is 12.6. The molecule has 0 saturated heterocycles. The van der Waals surface area contributed by atoms with Crippen molar-refractivity contribution in [2.45, 2.75) is 52.6 Å². The quantitative estimate of drug-likeness (QED) is 0.346. The lowest BCUT2D eigenvalue weighted by Gasteiger charge is -2.32. The Morgan fingerprint density at radius 3 is 2.31 bits per heavy atom. The minimum absolute atomic E-state index is 0.133. The summed E-state index contributed by atoms with van der Waals surface area (Å²) in [4.78, 5) is 28.8. The van der Waals surface area contributed by atoms with E-state index >= 15 is 0 Å². The molecule has 4 nitrogen and oxygen atoms in total. The Morgan fingerprint density at radius 2 is 1.66 bits per heavy atom. The van der Waals surface area contributed by atoms with Crippen LogP contribution >= 0.6 is 23.2 Å². The van der Waals surface area contributed by atoms with Crippen molar-refractivity contribution in [2.24, 2.45) is 0 Å². The van der Waals surface area contributed by atoms with Crippen molar-refractivity contribution < 1.29 is 9.59 Å². The molecule has 0 aliphatic carbocycles. The van der Waals surface area contributed by atoms with Crippen LogP contribution in [0, 0.1) is 13.8 Å². The van der Waals surface area contributed by atoms with Crippen molar-refractivity contribution in [1.29, 1.82) is 0 Å². The van der Waals surface area contributed by atoms with Gasteiger partial charge in [0.1, 0.15) is 6.04 Å². The average Bonchev–Trinajstić information content (AvgIpc) is 2.84. The maximum Gasteiger partial charge on any atom is 0.243 e. The third-order valence-electron chi connectivity index (χ3n) is 6.10. The van der Waals surface area contributed by atoms with E-state index in [1.54, 1.807) is 17.0 Å². The Labute approximate surface area is 218 Å². The first-order valence-electron chi connectivity index (χ1n) is 11.9. The van der Waals surface area contributed by atoms with Crippen LogP contribution in [0.5, 0.6) is 0 Å². The number of hydrogen-bond acceptors (Lipinski definition) is 2. The van der Waals surface area contributed by atoms with Crippen molar-refractivity contribution in [1.82, 2.24) is 10.2 Å². The number of aryl methyl sites for hydroxylation is 2. The van der Waals surface area contributed by atoms with Gasteiger partial charge in [-0.1, -0.05) is 84.7 Å². The number of carbonyl (C=O) groups is 2. The van der Waals surface area contributed by atoms with Crippen molar-refractivity contribution in [3.8, 4) is 0 Å². The van der Waals surface area contributed by atoms with E-state index in [2.05, 4.69) is 5.32 Å². The van der Waals surface area contributed by atoms with E-state index in [0.29, 0.717) is 23.0 Å². The molecule has 1 N–H and O–H groups in total. The Balaban J connectivity index is 1.99. The second-order valence-electron chi connectivity index (χ2n) is 8.85. The van der Waals surface area contributed by atoms with Gasteiger partial charge in [-0.2, -0.15) is 0 Å². The Morgan fingerprint density at radius 1 is 0.914 bits per heavy atom. The first-order chi connectivity index (χ1) is 16.8. The smallest absolute Gasteiger partial charge is 0.243 e. The molecule has 2 amide bonds. The Kier molecular flexibility index (Phi) is 9.76. The lowest BCUT2D eigenvalue weighted by molar-refractivity contribution is -0.140. The summed E-state index contributed by atoms with van der Waals surface area (Å²) in [6.07, 6.45) is 1.41. The first kappa shape index (κ1) is 26.8. The van der Waals surface area contributed by atoms with Gasteiger partial charge in [0.15, 0.2) is 0 Å². The van der Waals surface area contributed by atoms with Crippen molar-refractivity contribution >= 4 is 35.0 Å². The van der Waals surface area contributed by atoms with E-state index in [4.69, 9.17) is 23.2 Å². The summed E-state index contributed by atoms with van der Waals surface area (Å²) in [6, 6.07) is 20.3. The Bertz CT molecular complexity index is 1160. The predicted molar refractivity (Wildman–Crippen MR) is 144 cm³/mol. The highest BCUT2D eigenvalue weighted by Gasteiger charge is 2.30. The summed E-state index contributed by atoms with van der Waals surface area (Å²) in [5.74, 6) is -0.305.